The molecule has 2 nitrogen and oxygen atoms in total. The number of aliphatic imine (C=N–C) groups is 1. The monoisotopic (exact) mass is 349 g/mol. The molecule has 0 aliphatic heterocycles. The molecule has 122 valence electrons. The highest BCUT2D eigenvalue weighted by Gasteiger charge is 2.41. The maximum atomic E-state index is 10.7. The van der Waals surface area contributed by atoms with Gasteiger partial charge in [0, 0.05) is 6.04 Å². The number of aliphatic hydroxyl groups is 1. The number of hydrogen-bond acceptors (Lipinski definition) is 2. The number of aryl methyl sites for hydroxylation is 1. The number of hydrogen-bond donors (Lipinski definition) is 1. The van der Waals surface area contributed by atoms with Crippen molar-refractivity contribution in [3.63, 3.8) is 0 Å². The first kappa shape index (κ1) is 18.0. The zero-order chi connectivity index (χ0) is 17.0. The maximum absolute atomic E-state index is 10.7. The number of rotatable bonds is 5. The maximum Gasteiger partial charge on any atom is 0.189 e. The first-order chi connectivity index (χ1) is 10.8. The molecule has 1 N–H and O–H groups in total. The fourth-order valence-corrected chi connectivity index (χ4v) is 2.86. The van der Waals surface area contributed by atoms with Gasteiger partial charge in [-0.2, -0.15) is 0 Å². The third-order valence-corrected chi connectivity index (χ3v) is 4.26. The van der Waals surface area contributed by atoms with Crippen molar-refractivity contribution in [2.24, 2.45) is 4.99 Å². The highest BCUT2D eigenvalue weighted by atomic mass is 35.5. The van der Waals surface area contributed by atoms with Crippen LogP contribution in [0.15, 0.2) is 59.6 Å². The van der Waals surface area contributed by atoms with Crippen LogP contribution in [0.4, 0.5) is 0 Å². The molecule has 1 atom stereocenters. The van der Waals surface area contributed by atoms with E-state index in [1.54, 1.807) is 0 Å². The molecule has 2 rings (SSSR count). The molecule has 0 fully saturated rings. The SMILES string of the molecule is Cc1ccc(C(O)C(Cl)(Cl)C(=NC(C)C)c2ccccc2)cc1. The van der Waals surface area contributed by atoms with Crippen molar-refractivity contribution < 1.29 is 5.11 Å². The lowest BCUT2D eigenvalue weighted by Gasteiger charge is -2.28. The first-order valence-electron chi connectivity index (χ1n) is 7.58. The van der Waals surface area contributed by atoms with Gasteiger partial charge in [-0.05, 0) is 31.9 Å². The zero-order valence-corrected chi connectivity index (χ0v) is 15.0. The average molecular weight is 350 g/mol. The summed E-state index contributed by atoms with van der Waals surface area (Å²) < 4.78 is -1.54. The molecule has 0 saturated heterocycles. The predicted octanol–water partition coefficient (Wildman–Crippen LogP) is 5.10. The summed E-state index contributed by atoms with van der Waals surface area (Å²) in [4.78, 5) is 4.58. The van der Waals surface area contributed by atoms with Crippen LogP contribution in [0.1, 0.15) is 36.6 Å². The summed E-state index contributed by atoms with van der Waals surface area (Å²) in [5.74, 6) is 0. The zero-order valence-electron chi connectivity index (χ0n) is 13.5. The molecule has 0 amide bonds. The van der Waals surface area contributed by atoms with Crippen molar-refractivity contribution in [3.8, 4) is 0 Å². The molecule has 0 spiro atoms. The van der Waals surface area contributed by atoms with Crippen LogP contribution in [0.25, 0.3) is 0 Å². The van der Waals surface area contributed by atoms with Gasteiger partial charge in [-0.25, -0.2) is 0 Å². The quantitative estimate of drug-likeness (QED) is 0.591. The Morgan fingerprint density at radius 2 is 1.57 bits per heavy atom. The van der Waals surface area contributed by atoms with Gasteiger partial charge in [0.05, 0.1) is 5.71 Å². The number of aliphatic hydroxyl groups excluding tert-OH is 1. The Balaban J connectivity index is 2.45. The van der Waals surface area contributed by atoms with Gasteiger partial charge in [-0.15, -0.1) is 0 Å². The van der Waals surface area contributed by atoms with E-state index in [4.69, 9.17) is 23.2 Å². The third kappa shape index (κ3) is 4.35. The van der Waals surface area contributed by atoms with Gasteiger partial charge < -0.3 is 5.11 Å². The van der Waals surface area contributed by atoms with Gasteiger partial charge in [0.1, 0.15) is 6.10 Å². The highest BCUT2D eigenvalue weighted by Crippen LogP contribution is 2.39. The second kappa shape index (κ2) is 7.48. The van der Waals surface area contributed by atoms with E-state index in [1.165, 1.54) is 0 Å². The normalized spacial score (nSPS) is 14.1. The summed E-state index contributed by atoms with van der Waals surface area (Å²) in [6.07, 6.45) is -1.08. The number of halogens is 2. The molecule has 0 saturated carbocycles. The van der Waals surface area contributed by atoms with Crippen LogP contribution in [0.3, 0.4) is 0 Å². The van der Waals surface area contributed by atoms with E-state index in [-0.39, 0.29) is 6.04 Å². The van der Waals surface area contributed by atoms with Crippen molar-refractivity contribution >= 4 is 28.9 Å². The molecule has 2 aromatic carbocycles. The van der Waals surface area contributed by atoms with Crippen molar-refractivity contribution in [1.29, 1.82) is 0 Å². The van der Waals surface area contributed by atoms with Crippen LogP contribution in [-0.4, -0.2) is 21.2 Å². The molecule has 0 radical (unpaired) electrons. The largest absolute Gasteiger partial charge is 0.385 e. The molecule has 0 aliphatic carbocycles. The Kier molecular flexibility index (Phi) is 5.85. The Hall–Kier alpha value is -1.35. The van der Waals surface area contributed by atoms with Crippen LogP contribution in [0.5, 0.6) is 0 Å². The van der Waals surface area contributed by atoms with Crippen molar-refractivity contribution in [2.75, 3.05) is 0 Å². The van der Waals surface area contributed by atoms with E-state index in [9.17, 15) is 5.11 Å². The molecule has 0 bridgehead atoms. The van der Waals surface area contributed by atoms with Crippen LogP contribution < -0.4 is 0 Å². The van der Waals surface area contributed by atoms with Gasteiger partial charge in [-0.1, -0.05) is 83.4 Å². The smallest absolute Gasteiger partial charge is 0.189 e. The van der Waals surface area contributed by atoms with Crippen molar-refractivity contribution in [1.82, 2.24) is 0 Å². The van der Waals surface area contributed by atoms with E-state index in [1.807, 2.05) is 75.4 Å². The van der Waals surface area contributed by atoms with Gasteiger partial charge >= 0.3 is 0 Å². The molecule has 0 heterocycles. The van der Waals surface area contributed by atoms with Crippen LogP contribution in [-0.2, 0) is 0 Å². The van der Waals surface area contributed by atoms with Gasteiger partial charge in [0.2, 0.25) is 0 Å². The standard InChI is InChI=1S/C19H21Cl2NO/c1-13(2)22-17(15-7-5-4-6-8-15)19(20,21)18(23)16-11-9-14(3)10-12-16/h4-13,18,23H,1-3H3. The molecule has 2 aromatic rings. The Bertz CT molecular complexity index is 664. The highest BCUT2D eigenvalue weighted by molar-refractivity contribution is 6.61. The Morgan fingerprint density at radius 3 is 2.09 bits per heavy atom. The van der Waals surface area contributed by atoms with E-state index >= 15 is 0 Å². The van der Waals surface area contributed by atoms with Gasteiger partial charge in [0.25, 0.3) is 0 Å². The predicted molar refractivity (Wildman–Crippen MR) is 98.7 cm³/mol. The second-order valence-electron chi connectivity index (χ2n) is 5.87. The topological polar surface area (TPSA) is 32.6 Å². The van der Waals surface area contributed by atoms with Gasteiger partial charge in [0.15, 0.2) is 4.33 Å². The summed E-state index contributed by atoms with van der Waals surface area (Å²) in [7, 11) is 0. The van der Waals surface area contributed by atoms with E-state index in [0.29, 0.717) is 11.3 Å². The lowest BCUT2D eigenvalue weighted by molar-refractivity contribution is 0.178. The molecular weight excluding hydrogens is 329 g/mol. The lowest BCUT2D eigenvalue weighted by atomic mass is 9.97. The number of nitrogens with zero attached hydrogens (tertiary/aromatic N) is 1. The lowest BCUT2D eigenvalue weighted by Crippen LogP contribution is -2.35. The van der Waals surface area contributed by atoms with Crippen LogP contribution >= 0.6 is 23.2 Å². The van der Waals surface area contributed by atoms with Crippen molar-refractivity contribution in [2.45, 2.75) is 37.3 Å². The Labute approximate surface area is 147 Å². The van der Waals surface area contributed by atoms with E-state index in [0.717, 1.165) is 11.1 Å². The van der Waals surface area contributed by atoms with Gasteiger partial charge in [-0.3, -0.25) is 4.99 Å². The van der Waals surface area contributed by atoms with Crippen LogP contribution in [0, 0.1) is 6.92 Å². The van der Waals surface area contributed by atoms with E-state index in [2.05, 4.69) is 4.99 Å². The summed E-state index contributed by atoms with van der Waals surface area (Å²) >= 11 is 13.2. The fourth-order valence-electron chi connectivity index (χ4n) is 2.29. The summed E-state index contributed by atoms with van der Waals surface area (Å²) in [6, 6.07) is 17.0. The minimum absolute atomic E-state index is 0.00676. The molecule has 0 aromatic heterocycles. The van der Waals surface area contributed by atoms with Crippen LogP contribution in [0.2, 0.25) is 0 Å². The number of alkyl halides is 2. The molecule has 4 heteroatoms. The van der Waals surface area contributed by atoms with E-state index < -0.39 is 10.4 Å². The first-order valence-corrected chi connectivity index (χ1v) is 8.34. The minimum Gasteiger partial charge on any atom is -0.385 e. The molecule has 0 aliphatic rings. The molecule has 23 heavy (non-hydrogen) atoms. The molecular formula is C19H21Cl2NO. The second-order valence-corrected chi connectivity index (χ2v) is 7.26. The fraction of sp³-hybridized carbons (Fsp3) is 0.316. The van der Waals surface area contributed by atoms with Crippen molar-refractivity contribution in [3.05, 3.63) is 71.3 Å². The third-order valence-electron chi connectivity index (χ3n) is 3.49. The summed E-state index contributed by atoms with van der Waals surface area (Å²) in [6.45, 7) is 5.89. The number of benzene rings is 2. The Morgan fingerprint density at radius 1 is 1.00 bits per heavy atom. The minimum atomic E-state index is -1.54. The summed E-state index contributed by atoms with van der Waals surface area (Å²) in [5.41, 5.74) is 3.05. The summed E-state index contributed by atoms with van der Waals surface area (Å²) in [5, 5.41) is 10.7. The average Bonchev–Trinajstić information content (AvgIpc) is 2.53. The molecule has 1 unspecified atom stereocenters.